The van der Waals surface area contributed by atoms with Crippen molar-refractivity contribution in [2.75, 3.05) is 13.2 Å². The predicted molar refractivity (Wildman–Crippen MR) is 75.1 cm³/mol. The van der Waals surface area contributed by atoms with Gasteiger partial charge in [0, 0.05) is 5.56 Å². The van der Waals surface area contributed by atoms with Gasteiger partial charge in [0.15, 0.2) is 0 Å². The zero-order valence-corrected chi connectivity index (χ0v) is 11.7. The Balaban J connectivity index is 1.72. The highest BCUT2D eigenvalue weighted by atomic mass is 16.5. The van der Waals surface area contributed by atoms with Crippen molar-refractivity contribution in [2.45, 2.75) is 31.3 Å². The van der Waals surface area contributed by atoms with Crippen LogP contribution >= 0.6 is 0 Å². The van der Waals surface area contributed by atoms with Crippen molar-refractivity contribution in [2.24, 2.45) is 0 Å². The molecule has 0 saturated heterocycles. The number of carbonyl (C=O) groups is 2. The number of hydrogen-bond acceptors (Lipinski definition) is 3. The molecule has 0 aromatic heterocycles. The van der Waals surface area contributed by atoms with Gasteiger partial charge in [0.2, 0.25) is 0 Å². The Bertz CT molecular complexity index is 569. The molecule has 0 spiro atoms. The van der Waals surface area contributed by atoms with Gasteiger partial charge in [-0.15, -0.1) is 0 Å². The maximum atomic E-state index is 12.4. The third kappa shape index (κ3) is 2.53. The molecule has 2 N–H and O–H groups in total. The summed E-state index contributed by atoms with van der Waals surface area (Å²) in [5.41, 5.74) is -0.146. The largest absolute Gasteiger partial charge is 0.491 e. The van der Waals surface area contributed by atoms with Gasteiger partial charge in [-0.1, -0.05) is 18.2 Å². The number of carboxylic acid groups (broad SMARTS) is 1. The topological polar surface area (TPSA) is 78.9 Å². The molecule has 0 atom stereocenters. The lowest BCUT2D eigenvalue weighted by molar-refractivity contribution is -0.148. The Morgan fingerprint density at radius 1 is 1.29 bits per heavy atom. The molecule has 0 radical (unpaired) electrons. The summed E-state index contributed by atoms with van der Waals surface area (Å²) in [5.74, 6) is -0.169. The van der Waals surface area contributed by atoms with E-state index in [1.165, 1.54) is 0 Å². The van der Waals surface area contributed by atoms with Crippen molar-refractivity contribution < 1.29 is 19.4 Å². The second-order valence-electron chi connectivity index (χ2n) is 5.55. The molecule has 2 aliphatic rings. The number of aliphatic carboxylic acids is 1. The SMILES string of the molecule is O=C(NC1(C(=O)O)CCC1)N1CCOc2ccccc2C1. The number of benzene rings is 1. The summed E-state index contributed by atoms with van der Waals surface area (Å²) < 4.78 is 5.61. The molecule has 6 heteroatoms. The first-order chi connectivity index (χ1) is 10.1. The predicted octanol–water partition coefficient (Wildman–Crippen LogP) is 1.60. The zero-order chi connectivity index (χ0) is 14.9. The Labute approximate surface area is 122 Å². The lowest BCUT2D eigenvalue weighted by Gasteiger charge is -2.39. The van der Waals surface area contributed by atoms with Crippen LogP contribution in [-0.4, -0.2) is 40.7 Å². The fraction of sp³-hybridized carbons (Fsp3) is 0.467. The van der Waals surface area contributed by atoms with Crippen molar-refractivity contribution in [1.82, 2.24) is 10.2 Å². The van der Waals surface area contributed by atoms with E-state index in [-0.39, 0.29) is 6.03 Å². The van der Waals surface area contributed by atoms with E-state index in [4.69, 9.17) is 4.74 Å². The minimum absolute atomic E-state index is 0.336. The number of hydrogen-bond donors (Lipinski definition) is 2. The van der Waals surface area contributed by atoms with Crippen LogP contribution in [-0.2, 0) is 11.3 Å². The zero-order valence-electron chi connectivity index (χ0n) is 11.7. The number of nitrogens with one attached hydrogen (secondary N) is 1. The smallest absolute Gasteiger partial charge is 0.329 e. The summed E-state index contributed by atoms with van der Waals surface area (Å²) >= 11 is 0. The molecular formula is C15H18N2O4. The second-order valence-corrected chi connectivity index (χ2v) is 5.55. The third-order valence-electron chi connectivity index (χ3n) is 4.20. The number of para-hydroxylation sites is 1. The number of carboxylic acids is 1. The summed E-state index contributed by atoms with van der Waals surface area (Å²) in [7, 11) is 0. The van der Waals surface area contributed by atoms with Crippen LogP contribution in [0.4, 0.5) is 4.79 Å². The van der Waals surface area contributed by atoms with Crippen LogP contribution < -0.4 is 10.1 Å². The first-order valence-electron chi connectivity index (χ1n) is 7.12. The molecule has 2 amide bonds. The highest BCUT2D eigenvalue weighted by Gasteiger charge is 2.46. The summed E-state index contributed by atoms with van der Waals surface area (Å²) in [6, 6.07) is 7.24. The van der Waals surface area contributed by atoms with Crippen LogP contribution in [0.25, 0.3) is 0 Å². The van der Waals surface area contributed by atoms with E-state index < -0.39 is 11.5 Å². The molecule has 1 aliphatic heterocycles. The first-order valence-corrected chi connectivity index (χ1v) is 7.12. The maximum absolute atomic E-state index is 12.4. The average molecular weight is 290 g/mol. The highest BCUT2D eigenvalue weighted by Crippen LogP contribution is 2.32. The van der Waals surface area contributed by atoms with Crippen molar-refractivity contribution in [3.8, 4) is 5.75 Å². The molecule has 6 nitrogen and oxygen atoms in total. The monoisotopic (exact) mass is 290 g/mol. The first kappa shape index (κ1) is 13.7. The van der Waals surface area contributed by atoms with Gasteiger partial charge in [0.05, 0.1) is 13.1 Å². The van der Waals surface area contributed by atoms with Crippen LogP contribution in [0, 0.1) is 0 Å². The molecular weight excluding hydrogens is 272 g/mol. The van der Waals surface area contributed by atoms with Crippen LogP contribution in [0.5, 0.6) is 5.75 Å². The number of rotatable bonds is 2. The van der Waals surface area contributed by atoms with E-state index in [1.54, 1.807) is 4.90 Å². The fourth-order valence-corrected chi connectivity index (χ4v) is 2.71. The molecule has 112 valence electrons. The molecule has 1 heterocycles. The average Bonchev–Trinajstić information content (AvgIpc) is 2.64. The molecule has 3 rings (SSSR count). The number of ether oxygens (including phenoxy) is 1. The van der Waals surface area contributed by atoms with E-state index in [1.807, 2.05) is 24.3 Å². The molecule has 21 heavy (non-hydrogen) atoms. The van der Waals surface area contributed by atoms with Gasteiger partial charge in [0.25, 0.3) is 0 Å². The lowest BCUT2D eigenvalue weighted by atomic mass is 9.77. The summed E-state index contributed by atoms with van der Waals surface area (Å²) in [6.45, 7) is 1.28. The summed E-state index contributed by atoms with van der Waals surface area (Å²) in [4.78, 5) is 25.3. The Kier molecular flexibility index (Phi) is 3.45. The van der Waals surface area contributed by atoms with Crippen molar-refractivity contribution in [3.63, 3.8) is 0 Å². The van der Waals surface area contributed by atoms with Gasteiger partial charge in [-0.3, -0.25) is 0 Å². The van der Waals surface area contributed by atoms with E-state index in [0.717, 1.165) is 17.7 Å². The van der Waals surface area contributed by atoms with Crippen molar-refractivity contribution in [1.29, 1.82) is 0 Å². The van der Waals surface area contributed by atoms with E-state index in [0.29, 0.717) is 32.5 Å². The molecule has 0 unspecified atom stereocenters. The van der Waals surface area contributed by atoms with Gasteiger partial charge >= 0.3 is 12.0 Å². The molecule has 1 fully saturated rings. The minimum atomic E-state index is -1.08. The molecule has 1 aliphatic carbocycles. The van der Waals surface area contributed by atoms with E-state index in [2.05, 4.69) is 5.32 Å². The van der Waals surface area contributed by atoms with Crippen LogP contribution in [0.3, 0.4) is 0 Å². The van der Waals surface area contributed by atoms with Gasteiger partial charge < -0.3 is 20.1 Å². The van der Waals surface area contributed by atoms with Crippen LogP contribution in [0.15, 0.2) is 24.3 Å². The number of carbonyl (C=O) groups excluding carboxylic acids is 1. The summed E-state index contributed by atoms with van der Waals surface area (Å²) in [6.07, 6.45) is 1.82. The van der Waals surface area contributed by atoms with Crippen molar-refractivity contribution >= 4 is 12.0 Å². The van der Waals surface area contributed by atoms with Crippen molar-refractivity contribution in [3.05, 3.63) is 29.8 Å². The summed E-state index contributed by atoms with van der Waals surface area (Å²) in [5, 5.41) is 12.0. The quantitative estimate of drug-likeness (QED) is 0.867. The number of urea groups is 1. The van der Waals surface area contributed by atoms with Crippen LogP contribution in [0.1, 0.15) is 24.8 Å². The third-order valence-corrected chi connectivity index (χ3v) is 4.20. The normalized spacial score (nSPS) is 19.5. The maximum Gasteiger partial charge on any atom is 0.329 e. The second kappa shape index (κ2) is 5.27. The van der Waals surface area contributed by atoms with Gasteiger partial charge in [-0.25, -0.2) is 9.59 Å². The highest BCUT2D eigenvalue weighted by molar-refractivity contribution is 5.87. The van der Waals surface area contributed by atoms with Gasteiger partial charge in [0.1, 0.15) is 17.9 Å². The number of fused-ring (bicyclic) bond motifs is 1. The Morgan fingerprint density at radius 2 is 2.05 bits per heavy atom. The molecule has 1 aromatic rings. The molecule has 1 saturated carbocycles. The van der Waals surface area contributed by atoms with Crippen LogP contribution in [0.2, 0.25) is 0 Å². The van der Waals surface area contributed by atoms with Gasteiger partial charge in [-0.2, -0.15) is 0 Å². The van der Waals surface area contributed by atoms with E-state index >= 15 is 0 Å². The van der Waals surface area contributed by atoms with E-state index in [9.17, 15) is 14.7 Å². The fourth-order valence-electron chi connectivity index (χ4n) is 2.71. The number of nitrogens with zero attached hydrogens (tertiary/aromatic N) is 1. The minimum Gasteiger partial charge on any atom is -0.491 e. The standard InChI is InChI=1S/C15H18N2O4/c18-13(19)15(6-3-7-15)16-14(20)17-8-9-21-12-5-2-1-4-11(12)10-17/h1-2,4-5H,3,6-10H2,(H,16,20)(H,18,19). The Morgan fingerprint density at radius 3 is 2.71 bits per heavy atom. The lowest BCUT2D eigenvalue weighted by Crippen LogP contribution is -2.61. The molecule has 0 bridgehead atoms. The van der Waals surface area contributed by atoms with Gasteiger partial charge in [-0.05, 0) is 25.3 Å². The Hall–Kier alpha value is -2.24. The molecule has 1 aromatic carbocycles. The number of amides is 2.